The van der Waals surface area contributed by atoms with Crippen LogP contribution in [0.5, 0.6) is 0 Å². The van der Waals surface area contributed by atoms with Gasteiger partial charge in [-0.25, -0.2) is 33.3 Å². The van der Waals surface area contributed by atoms with Crippen molar-refractivity contribution in [2.75, 3.05) is 19.8 Å². The predicted molar refractivity (Wildman–Crippen MR) is 114 cm³/mol. The fourth-order valence-electron chi connectivity index (χ4n) is 0.751. The Labute approximate surface area is 199 Å². The van der Waals surface area contributed by atoms with E-state index in [0.29, 0.717) is 0 Å². The zero-order valence-corrected chi connectivity index (χ0v) is 19.9. The van der Waals surface area contributed by atoms with Gasteiger partial charge in [-0.15, -0.1) is 0 Å². The number of aliphatic carboxylic acids is 3. The van der Waals surface area contributed by atoms with Crippen molar-refractivity contribution in [2.24, 2.45) is 0 Å². The van der Waals surface area contributed by atoms with Gasteiger partial charge in [-0.1, -0.05) is 19.7 Å². The molecule has 0 amide bonds. The lowest BCUT2D eigenvalue weighted by Gasteiger charge is -1.98. The predicted octanol–water partition coefficient (Wildman–Crippen LogP) is -0.358. The highest BCUT2D eigenvalue weighted by Crippen LogP contribution is 2.25. The second-order valence-corrected chi connectivity index (χ2v) is 6.79. The van der Waals surface area contributed by atoms with Gasteiger partial charge in [0.1, 0.15) is 0 Å². The molecule has 0 rings (SSSR count). The van der Waals surface area contributed by atoms with Crippen molar-refractivity contribution >= 4 is 43.6 Å². The molecule has 35 heavy (non-hydrogen) atoms. The number of phosphoric acid groups is 1. The van der Waals surface area contributed by atoms with E-state index >= 15 is 0 Å². The molecular formula is C18H27O16P. The molecule has 6 N–H and O–H groups in total. The third kappa shape index (κ3) is 44.6. The summed E-state index contributed by atoms with van der Waals surface area (Å²) in [5.41, 5.74) is 0.587. The zero-order valence-electron chi connectivity index (χ0n) is 19.0. The van der Waals surface area contributed by atoms with Gasteiger partial charge in [-0.3, -0.25) is 0 Å². The summed E-state index contributed by atoms with van der Waals surface area (Å²) < 4.78 is 21.6. The maximum atomic E-state index is 10.5. The van der Waals surface area contributed by atoms with E-state index < -0.39 is 63.5 Å². The molecule has 0 saturated carbocycles. The van der Waals surface area contributed by atoms with Crippen LogP contribution in [-0.4, -0.2) is 85.6 Å². The molecule has 0 aromatic rings. The van der Waals surface area contributed by atoms with Crippen molar-refractivity contribution in [1.82, 2.24) is 0 Å². The summed E-state index contributed by atoms with van der Waals surface area (Å²) in [5.74, 6) is -5.55. The molecule has 0 radical (unpaired) electrons. The lowest BCUT2D eigenvalue weighted by Crippen LogP contribution is -2.12. The first kappa shape index (κ1) is 38.4. The Morgan fingerprint density at radius 1 is 0.571 bits per heavy atom. The van der Waals surface area contributed by atoms with Crippen LogP contribution in [0, 0.1) is 0 Å². The first-order valence-electron chi connectivity index (χ1n) is 8.53. The van der Waals surface area contributed by atoms with E-state index in [-0.39, 0.29) is 16.7 Å². The van der Waals surface area contributed by atoms with E-state index in [9.17, 15) is 28.8 Å². The number of carboxylic acids is 3. The highest BCUT2D eigenvalue weighted by molar-refractivity contribution is 7.45. The van der Waals surface area contributed by atoms with Crippen LogP contribution in [0.4, 0.5) is 0 Å². The van der Waals surface area contributed by atoms with Gasteiger partial charge in [0.25, 0.3) is 0 Å². The van der Waals surface area contributed by atoms with Gasteiger partial charge in [-0.2, -0.15) is 0 Å². The van der Waals surface area contributed by atoms with Crippen LogP contribution in [0.3, 0.4) is 0 Å². The molecule has 0 aromatic carbocycles. The number of hydrogen-bond donors (Lipinski definition) is 6. The summed E-state index contributed by atoms with van der Waals surface area (Å²) >= 11 is 0. The molecule has 0 aliphatic heterocycles. The zero-order chi connectivity index (χ0) is 28.9. The average Bonchev–Trinajstić information content (AvgIpc) is 2.67. The number of carboxylic acid groups (broad SMARTS) is 3. The minimum Gasteiger partial charge on any atom is -0.479 e. The Morgan fingerprint density at radius 2 is 0.714 bits per heavy atom. The smallest absolute Gasteiger partial charge is 0.466 e. The van der Waals surface area contributed by atoms with E-state index in [1.807, 2.05) is 0 Å². The van der Waals surface area contributed by atoms with E-state index in [1.165, 1.54) is 20.8 Å². The lowest BCUT2D eigenvalue weighted by molar-refractivity contribution is -0.152. The van der Waals surface area contributed by atoms with Crippen LogP contribution in [0.25, 0.3) is 0 Å². The SMILES string of the molecule is C=C(C)C(=O)OCC(=O)O.C=C(C)C(=O)OCC(=O)O.C=C(C)C(=O)OCC(=O)O.O=P(O)(O)O. The summed E-state index contributed by atoms with van der Waals surface area (Å²) in [6.45, 7) is 12.3. The number of ether oxygens (including phenoxy) is 3. The van der Waals surface area contributed by atoms with Crippen molar-refractivity contribution in [3.8, 4) is 0 Å². The van der Waals surface area contributed by atoms with Crippen molar-refractivity contribution in [2.45, 2.75) is 20.8 Å². The molecule has 200 valence electrons. The fraction of sp³-hybridized carbons (Fsp3) is 0.333. The maximum Gasteiger partial charge on any atom is 0.466 e. The summed E-state index contributed by atoms with van der Waals surface area (Å²) in [7, 11) is -4.64. The van der Waals surface area contributed by atoms with Gasteiger partial charge in [-0.05, 0) is 20.8 Å². The Bertz CT molecular complexity index is 747. The first-order chi connectivity index (χ1) is 15.6. The Kier molecular flexibility index (Phi) is 22.8. The van der Waals surface area contributed by atoms with Crippen LogP contribution in [0.1, 0.15) is 20.8 Å². The van der Waals surface area contributed by atoms with E-state index in [1.54, 1.807) is 0 Å². The fourth-order valence-corrected chi connectivity index (χ4v) is 0.751. The molecule has 0 spiro atoms. The molecule has 0 unspecified atom stereocenters. The maximum absolute atomic E-state index is 10.5. The Balaban J connectivity index is -0.000000188. The summed E-state index contributed by atoms with van der Waals surface area (Å²) in [4.78, 5) is 82.4. The summed E-state index contributed by atoms with van der Waals surface area (Å²) in [6, 6.07) is 0. The van der Waals surface area contributed by atoms with Crippen LogP contribution in [0.2, 0.25) is 0 Å². The number of esters is 3. The van der Waals surface area contributed by atoms with Crippen LogP contribution in [0.15, 0.2) is 36.5 Å². The van der Waals surface area contributed by atoms with Crippen LogP contribution >= 0.6 is 7.82 Å². The minimum absolute atomic E-state index is 0.196. The van der Waals surface area contributed by atoms with E-state index in [2.05, 4.69) is 33.9 Å². The Hall–Kier alpha value is -3.85. The first-order valence-corrected chi connectivity index (χ1v) is 10.1. The van der Waals surface area contributed by atoms with Gasteiger partial charge in [0.15, 0.2) is 19.8 Å². The van der Waals surface area contributed by atoms with Crippen molar-refractivity contribution in [3.63, 3.8) is 0 Å². The third-order valence-electron chi connectivity index (χ3n) is 2.03. The molecule has 0 fully saturated rings. The third-order valence-corrected chi connectivity index (χ3v) is 2.03. The standard InChI is InChI=1S/3C6H8O4.H3O4P/c3*1-4(2)6(9)10-3-5(7)8;1-5(2,3)4/h3*1,3H2,2H3,(H,7,8);(H3,1,2,3,4). The molecule has 0 saturated heterocycles. The van der Waals surface area contributed by atoms with Gasteiger partial charge >= 0.3 is 43.6 Å². The normalized spacial score (nSPS) is 8.97. The second kappa shape index (κ2) is 20.7. The summed E-state index contributed by atoms with van der Waals surface area (Å²) in [5, 5.41) is 24.1. The highest BCUT2D eigenvalue weighted by atomic mass is 31.2. The molecule has 0 atom stereocenters. The topological polar surface area (TPSA) is 269 Å². The summed E-state index contributed by atoms with van der Waals surface area (Å²) in [6.07, 6.45) is 0. The van der Waals surface area contributed by atoms with Gasteiger partial charge in [0.05, 0.1) is 0 Å². The molecule has 16 nitrogen and oxygen atoms in total. The van der Waals surface area contributed by atoms with E-state index in [4.69, 9.17) is 34.6 Å². The average molecular weight is 530 g/mol. The quantitative estimate of drug-likeness (QED) is 0.0961. The number of hydrogen-bond acceptors (Lipinski definition) is 10. The molecule has 0 aromatic heterocycles. The van der Waals surface area contributed by atoms with Gasteiger partial charge in [0, 0.05) is 16.7 Å². The van der Waals surface area contributed by atoms with Crippen molar-refractivity contribution < 1.29 is 77.5 Å². The number of carbonyl (C=O) groups is 6. The second-order valence-electron chi connectivity index (χ2n) is 5.76. The molecule has 0 aliphatic rings. The number of carbonyl (C=O) groups excluding carboxylic acids is 3. The molecule has 0 heterocycles. The van der Waals surface area contributed by atoms with Crippen LogP contribution < -0.4 is 0 Å². The minimum atomic E-state index is -4.64. The monoisotopic (exact) mass is 530 g/mol. The van der Waals surface area contributed by atoms with Gasteiger partial charge in [0.2, 0.25) is 0 Å². The van der Waals surface area contributed by atoms with Crippen molar-refractivity contribution in [1.29, 1.82) is 0 Å². The Morgan fingerprint density at radius 3 is 0.800 bits per heavy atom. The van der Waals surface area contributed by atoms with Gasteiger partial charge < -0.3 is 44.2 Å². The molecule has 0 bridgehead atoms. The number of rotatable bonds is 9. The molecular weight excluding hydrogens is 503 g/mol. The highest BCUT2D eigenvalue weighted by Gasteiger charge is 2.06. The lowest BCUT2D eigenvalue weighted by atomic mass is 10.4. The van der Waals surface area contributed by atoms with Crippen LogP contribution in [-0.2, 0) is 47.5 Å². The molecule has 17 heteroatoms. The largest absolute Gasteiger partial charge is 0.479 e. The van der Waals surface area contributed by atoms with Crippen molar-refractivity contribution in [3.05, 3.63) is 36.5 Å². The van der Waals surface area contributed by atoms with E-state index in [0.717, 1.165) is 0 Å². The molecule has 0 aliphatic carbocycles.